The lowest BCUT2D eigenvalue weighted by Gasteiger charge is -1.89. The Hall–Kier alpha value is -0.910. The molecule has 66 valence electrons. The molecule has 4 heteroatoms. The highest BCUT2D eigenvalue weighted by molar-refractivity contribution is 14.1. The molecular weight excluding hydrogens is 279 g/mol. The Morgan fingerprint density at radius 3 is 2.62 bits per heavy atom. The lowest BCUT2D eigenvalue weighted by atomic mass is 10.2. The van der Waals surface area contributed by atoms with E-state index in [1.165, 1.54) is 0 Å². The number of halogens is 1. The van der Waals surface area contributed by atoms with Crippen molar-refractivity contribution in [1.29, 1.82) is 0 Å². The molecule has 0 aliphatic rings. The minimum absolute atomic E-state index is 0.590. The zero-order valence-electron chi connectivity index (χ0n) is 6.77. The van der Waals surface area contributed by atoms with Gasteiger partial charge >= 0.3 is 0 Å². The van der Waals surface area contributed by atoms with E-state index in [-0.39, 0.29) is 0 Å². The second kappa shape index (κ2) is 3.87. The van der Waals surface area contributed by atoms with Crippen LogP contribution in [-0.2, 0) is 4.43 Å². The molecule has 0 N–H and O–H groups in total. The van der Waals surface area contributed by atoms with E-state index in [0.29, 0.717) is 5.89 Å². The molecule has 1 aromatic heterocycles. The van der Waals surface area contributed by atoms with Gasteiger partial charge in [0, 0.05) is 5.56 Å². The van der Waals surface area contributed by atoms with E-state index < -0.39 is 0 Å². The highest BCUT2D eigenvalue weighted by Gasteiger charge is 2.05. The van der Waals surface area contributed by atoms with Gasteiger partial charge in [0.25, 0.3) is 5.89 Å². The standard InChI is InChI=1S/C9H7IN2O/c10-6-8-11-9(13-12-8)7-4-2-1-3-5-7/h1-5H,6H2. The van der Waals surface area contributed by atoms with Gasteiger partial charge in [0.05, 0.1) is 4.43 Å². The Balaban J connectivity index is 2.36. The molecular formula is C9H7IN2O. The number of hydrogen-bond acceptors (Lipinski definition) is 3. The summed E-state index contributed by atoms with van der Waals surface area (Å²) >= 11 is 2.20. The molecule has 2 aromatic rings. The third-order valence-electron chi connectivity index (χ3n) is 1.61. The Kier molecular flexibility index (Phi) is 2.58. The predicted molar refractivity (Wildman–Crippen MR) is 57.5 cm³/mol. The van der Waals surface area contributed by atoms with Gasteiger partial charge in [0.2, 0.25) is 0 Å². The van der Waals surface area contributed by atoms with Crippen LogP contribution in [0.2, 0.25) is 0 Å². The first-order valence-electron chi connectivity index (χ1n) is 3.84. The van der Waals surface area contributed by atoms with Gasteiger partial charge in [-0.3, -0.25) is 0 Å². The monoisotopic (exact) mass is 286 g/mol. The minimum atomic E-state index is 0.590. The zero-order chi connectivity index (χ0) is 9.10. The molecule has 0 fully saturated rings. The summed E-state index contributed by atoms with van der Waals surface area (Å²) in [5.41, 5.74) is 0.964. The van der Waals surface area contributed by atoms with Crippen molar-refractivity contribution in [3.8, 4) is 11.5 Å². The summed E-state index contributed by atoms with van der Waals surface area (Å²) in [4.78, 5) is 4.21. The fraction of sp³-hybridized carbons (Fsp3) is 0.111. The van der Waals surface area contributed by atoms with Crippen molar-refractivity contribution in [1.82, 2.24) is 10.1 Å². The smallest absolute Gasteiger partial charge is 0.257 e. The van der Waals surface area contributed by atoms with E-state index in [1.54, 1.807) is 0 Å². The van der Waals surface area contributed by atoms with Crippen molar-refractivity contribution in [2.45, 2.75) is 4.43 Å². The second-order valence-corrected chi connectivity index (χ2v) is 3.28. The quantitative estimate of drug-likeness (QED) is 0.629. The van der Waals surface area contributed by atoms with Gasteiger partial charge in [0.1, 0.15) is 0 Å². The summed E-state index contributed by atoms with van der Waals surface area (Å²) < 4.78 is 5.85. The maximum Gasteiger partial charge on any atom is 0.257 e. The summed E-state index contributed by atoms with van der Waals surface area (Å²) in [5, 5.41) is 3.82. The van der Waals surface area contributed by atoms with Crippen LogP contribution in [0.5, 0.6) is 0 Å². The summed E-state index contributed by atoms with van der Waals surface area (Å²) in [6.45, 7) is 0. The molecule has 0 aliphatic heterocycles. The Morgan fingerprint density at radius 2 is 2.00 bits per heavy atom. The molecule has 0 bridgehead atoms. The molecule has 1 aromatic carbocycles. The zero-order valence-corrected chi connectivity index (χ0v) is 8.93. The van der Waals surface area contributed by atoms with Crippen molar-refractivity contribution in [2.24, 2.45) is 0 Å². The molecule has 2 rings (SSSR count). The van der Waals surface area contributed by atoms with E-state index >= 15 is 0 Å². The molecule has 0 spiro atoms. The fourth-order valence-corrected chi connectivity index (χ4v) is 1.32. The van der Waals surface area contributed by atoms with Crippen LogP contribution in [0.15, 0.2) is 34.9 Å². The first-order valence-corrected chi connectivity index (χ1v) is 5.36. The van der Waals surface area contributed by atoms with Crippen LogP contribution in [0.3, 0.4) is 0 Å². The molecule has 0 atom stereocenters. The van der Waals surface area contributed by atoms with Crippen molar-refractivity contribution >= 4 is 22.6 Å². The highest BCUT2D eigenvalue weighted by atomic mass is 127. The Labute approximate surface area is 89.3 Å². The van der Waals surface area contributed by atoms with Crippen LogP contribution < -0.4 is 0 Å². The number of aromatic nitrogens is 2. The molecule has 13 heavy (non-hydrogen) atoms. The number of alkyl halides is 1. The SMILES string of the molecule is ICc1noc(-c2ccccc2)n1. The second-order valence-electron chi connectivity index (χ2n) is 2.52. The predicted octanol–water partition coefficient (Wildman–Crippen LogP) is 2.67. The van der Waals surface area contributed by atoms with Crippen molar-refractivity contribution in [2.75, 3.05) is 0 Å². The molecule has 1 heterocycles. The average Bonchev–Trinajstić information content (AvgIpc) is 2.67. The number of rotatable bonds is 2. The van der Waals surface area contributed by atoms with Crippen LogP contribution in [0.25, 0.3) is 11.5 Å². The van der Waals surface area contributed by atoms with Gasteiger partial charge in [-0.2, -0.15) is 4.98 Å². The summed E-state index contributed by atoms with van der Waals surface area (Å²) in [7, 11) is 0. The van der Waals surface area contributed by atoms with Crippen molar-refractivity contribution in [3.63, 3.8) is 0 Å². The van der Waals surface area contributed by atoms with Crippen LogP contribution >= 0.6 is 22.6 Å². The Morgan fingerprint density at radius 1 is 1.23 bits per heavy atom. The van der Waals surface area contributed by atoms with Crippen LogP contribution in [0.1, 0.15) is 5.82 Å². The summed E-state index contributed by atoms with van der Waals surface area (Å²) in [6, 6.07) is 9.75. The average molecular weight is 286 g/mol. The lowest BCUT2D eigenvalue weighted by Crippen LogP contribution is -1.79. The summed E-state index contributed by atoms with van der Waals surface area (Å²) in [6.07, 6.45) is 0. The molecule has 0 saturated heterocycles. The van der Waals surface area contributed by atoms with Gasteiger partial charge in [0.15, 0.2) is 5.82 Å². The summed E-state index contributed by atoms with van der Waals surface area (Å²) in [5.74, 6) is 1.33. The van der Waals surface area contributed by atoms with E-state index in [0.717, 1.165) is 15.8 Å². The van der Waals surface area contributed by atoms with E-state index in [4.69, 9.17) is 4.52 Å². The third kappa shape index (κ3) is 1.88. The van der Waals surface area contributed by atoms with Crippen LogP contribution in [0, 0.1) is 0 Å². The number of benzene rings is 1. The fourth-order valence-electron chi connectivity index (χ4n) is 1.01. The van der Waals surface area contributed by atoms with Gasteiger partial charge in [-0.05, 0) is 12.1 Å². The first-order chi connectivity index (χ1) is 6.40. The van der Waals surface area contributed by atoms with Gasteiger partial charge in [-0.15, -0.1) is 0 Å². The highest BCUT2D eigenvalue weighted by Crippen LogP contribution is 2.16. The van der Waals surface area contributed by atoms with Gasteiger partial charge < -0.3 is 4.52 Å². The minimum Gasteiger partial charge on any atom is -0.334 e. The number of hydrogen-bond donors (Lipinski definition) is 0. The largest absolute Gasteiger partial charge is 0.334 e. The normalized spacial score (nSPS) is 10.2. The van der Waals surface area contributed by atoms with E-state index in [1.807, 2.05) is 30.3 Å². The molecule has 0 saturated carbocycles. The third-order valence-corrected chi connectivity index (χ3v) is 2.29. The molecule has 3 nitrogen and oxygen atoms in total. The van der Waals surface area contributed by atoms with E-state index in [2.05, 4.69) is 32.7 Å². The van der Waals surface area contributed by atoms with E-state index in [9.17, 15) is 0 Å². The maximum atomic E-state index is 5.08. The van der Waals surface area contributed by atoms with Crippen molar-refractivity contribution in [3.05, 3.63) is 36.2 Å². The van der Waals surface area contributed by atoms with Crippen molar-refractivity contribution < 1.29 is 4.52 Å². The topological polar surface area (TPSA) is 38.9 Å². The molecule has 0 radical (unpaired) electrons. The lowest BCUT2D eigenvalue weighted by molar-refractivity contribution is 0.425. The Bertz CT molecular complexity index is 386. The van der Waals surface area contributed by atoms with Gasteiger partial charge in [-0.1, -0.05) is 45.9 Å². The first kappa shape index (κ1) is 8.68. The molecule has 0 aliphatic carbocycles. The number of nitrogens with zero attached hydrogens (tertiary/aromatic N) is 2. The maximum absolute atomic E-state index is 5.08. The van der Waals surface area contributed by atoms with Gasteiger partial charge in [-0.25, -0.2) is 0 Å². The molecule has 0 amide bonds. The molecule has 0 unspecified atom stereocenters. The van der Waals surface area contributed by atoms with Crippen LogP contribution in [-0.4, -0.2) is 10.1 Å². The van der Waals surface area contributed by atoms with Crippen LogP contribution in [0.4, 0.5) is 0 Å².